The number of phosphoric acid groups is 2. The van der Waals surface area contributed by atoms with Gasteiger partial charge < -0.3 is 33.8 Å². The Morgan fingerprint density at radius 1 is 0.248 bits per heavy atom. The number of phosphoric ester groups is 2. The van der Waals surface area contributed by atoms with Crippen molar-refractivity contribution in [1.82, 2.24) is 0 Å². The summed E-state index contributed by atoms with van der Waals surface area (Å²) in [7, 11) is -9.93. The second-order valence-electron chi connectivity index (χ2n) is 32.8. The second-order valence-corrected chi connectivity index (χ2v) is 35.7. The van der Waals surface area contributed by atoms with Gasteiger partial charge in [-0.1, -0.05) is 439 Å². The SMILES string of the molecule is CCCCCCCCCCCCCCCCCCCCCCCC(=O)O[C@H](COC(=O)CCCCCCCCCCCCCCCCCCCCCC)COP(=O)(O)OC[C@@H](O)COP(=O)(O)OC[C@@H](COC(=O)CCCCCCCCCCC)OC(=O)CCCCCCCCCCCCCCCCCCC(C)C. The van der Waals surface area contributed by atoms with Crippen molar-refractivity contribution in [3.05, 3.63) is 0 Å². The Hall–Kier alpha value is -1.94. The molecule has 5 atom stereocenters. The standard InChI is InChI=1S/C90H176O17P2/c1-6-9-12-15-18-21-23-25-27-29-31-33-35-37-42-46-50-55-60-65-70-76-90(95)107-86(80-101-88(93)74-69-64-59-54-49-45-41-36-34-32-30-28-26-24-22-19-16-13-10-7-2)82-105-109(98,99)103-78-84(91)77-102-108(96,97)104-81-85(79-100-87(92)73-68-63-58-52-20-17-14-11-8-3)106-89(94)75-71-66-61-56-51-47-43-39-38-40-44-48-53-57-62-67-72-83(4)5/h83-86,91H,6-82H2,1-5H3,(H,96,97)(H,98,99)/t84-,85+,86+/m0/s1. The van der Waals surface area contributed by atoms with E-state index in [1.807, 2.05) is 0 Å². The molecule has 0 fully saturated rings. The van der Waals surface area contributed by atoms with Gasteiger partial charge in [-0.2, -0.15) is 0 Å². The van der Waals surface area contributed by atoms with Crippen LogP contribution in [0.25, 0.3) is 0 Å². The Kier molecular flexibility index (Phi) is 81.1. The van der Waals surface area contributed by atoms with Crippen molar-refractivity contribution in [2.75, 3.05) is 39.6 Å². The molecule has 0 saturated carbocycles. The smallest absolute Gasteiger partial charge is 0.462 e. The summed E-state index contributed by atoms with van der Waals surface area (Å²) < 4.78 is 69.0. The van der Waals surface area contributed by atoms with Crippen molar-refractivity contribution in [1.29, 1.82) is 0 Å². The Labute approximate surface area is 670 Å². The molecular weight excluding hydrogens is 1410 g/mol. The minimum absolute atomic E-state index is 0.109. The summed E-state index contributed by atoms with van der Waals surface area (Å²) in [6.45, 7) is 7.40. The van der Waals surface area contributed by atoms with Gasteiger partial charge >= 0.3 is 39.5 Å². The van der Waals surface area contributed by atoms with E-state index in [-0.39, 0.29) is 25.7 Å². The van der Waals surface area contributed by atoms with Gasteiger partial charge in [0.05, 0.1) is 26.4 Å². The number of esters is 4. The fourth-order valence-electron chi connectivity index (χ4n) is 14.2. The highest BCUT2D eigenvalue weighted by molar-refractivity contribution is 7.47. The molecule has 0 aliphatic heterocycles. The maximum Gasteiger partial charge on any atom is 0.472 e. The number of ether oxygens (including phenoxy) is 4. The summed E-state index contributed by atoms with van der Waals surface area (Å²) in [5, 5.41) is 10.7. The van der Waals surface area contributed by atoms with E-state index in [4.69, 9.17) is 37.0 Å². The van der Waals surface area contributed by atoms with Crippen LogP contribution in [-0.4, -0.2) is 96.7 Å². The van der Waals surface area contributed by atoms with Crippen molar-refractivity contribution < 1.29 is 80.2 Å². The van der Waals surface area contributed by atoms with Crippen molar-refractivity contribution in [3.63, 3.8) is 0 Å². The molecule has 19 heteroatoms. The highest BCUT2D eigenvalue weighted by Gasteiger charge is 2.31. The predicted molar refractivity (Wildman–Crippen MR) is 451 cm³/mol. The zero-order valence-corrected chi connectivity index (χ0v) is 73.5. The van der Waals surface area contributed by atoms with Gasteiger partial charge in [-0.25, -0.2) is 9.13 Å². The zero-order chi connectivity index (χ0) is 79.7. The fraction of sp³-hybridized carbons (Fsp3) is 0.956. The molecule has 109 heavy (non-hydrogen) atoms. The summed E-state index contributed by atoms with van der Waals surface area (Å²) in [5.74, 6) is -1.29. The number of unbranched alkanes of at least 4 members (excludes halogenated alkanes) is 62. The Morgan fingerprint density at radius 3 is 0.624 bits per heavy atom. The number of rotatable bonds is 90. The monoisotopic (exact) mass is 1590 g/mol. The molecule has 0 spiro atoms. The first-order chi connectivity index (χ1) is 53.0. The van der Waals surface area contributed by atoms with Gasteiger partial charge in [0.25, 0.3) is 0 Å². The largest absolute Gasteiger partial charge is 0.472 e. The molecule has 0 bridgehead atoms. The predicted octanol–water partition coefficient (Wildman–Crippen LogP) is 27.9. The molecular formula is C90H176O17P2. The molecule has 0 radical (unpaired) electrons. The van der Waals surface area contributed by atoms with Gasteiger partial charge in [-0.3, -0.25) is 37.3 Å². The lowest BCUT2D eigenvalue weighted by Gasteiger charge is -2.21. The summed E-state index contributed by atoms with van der Waals surface area (Å²) in [6, 6.07) is 0. The number of hydrogen-bond acceptors (Lipinski definition) is 15. The molecule has 0 aromatic carbocycles. The van der Waals surface area contributed by atoms with Crippen LogP contribution in [0.2, 0.25) is 0 Å². The first-order valence-corrected chi connectivity index (χ1v) is 49.6. The molecule has 3 N–H and O–H groups in total. The number of carbonyl (C=O) groups is 4. The third-order valence-electron chi connectivity index (χ3n) is 21.3. The number of hydrogen-bond donors (Lipinski definition) is 3. The van der Waals surface area contributed by atoms with Crippen LogP contribution in [0.15, 0.2) is 0 Å². The van der Waals surface area contributed by atoms with Gasteiger partial charge in [0.15, 0.2) is 12.2 Å². The third kappa shape index (κ3) is 83.8. The number of aliphatic hydroxyl groups is 1. The molecule has 0 aliphatic carbocycles. The quantitative estimate of drug-likeness (QED) is 0.0222. The molecule has 0 rings (SSSR count). The zero-order valence-electron chi connectivity index (χ0n) is 71.7. The first kappa shape index (κ1) is 107. The lowest BCUT2D eigenvalue weighted by Crippen LogP contribution is -2.30. The lowest BCUT2D eigenvalue weighted by atomic mass is 10.0. The Bertz CT molecular complexity index is 2070. The van der Waals surface area contributed by atoms with Gasteiger partial charge in [-0.15, -0.1) is 0 Å². The molecule has 0 heterocycles. The molecule has 2 unspecified atom stereocenters. The number of carbonyl (C=O) groups excluding carboxylic acids is 4. The Balaban J connectivity index is 5.19. The normalized spacial score (nSPS) is 13.7. The van der Waals surface area contributed by atoms with Crippen molar-refractivity contribution >= 4 is 39.5 Å². The summed E-state index contributed by atoms with van der Waals surface area (Å²) in [4.78, 5) is 73.3. The van der Waals surface area contributed by atoms with Crippen LogP contribution < -0.4 is 0 Å². The third-order valence-corrected chi connectivity index (χ3v) is 23.2. The van der Waals surface area contributed by atoms with Gasteiger partial charge in [0.1, 0.15) is 19.3 Å². The van der Waals surface area contributed by atoms with Crippen LogP contribution >= 0.6 is 15.6 Å². The Morgan fingerprint density at radius 2 is 0.422 bits per heavy atom. The summed E-state index contributed by atoms with van der Waals surface area (Å²) >= 11 is 0. The molecule has 0 amide bonds. The van der Waals surface area contributed by atoms with E-state index in [0.29, 0.717) is 25.7 Å². The topological polar surface area (TPSA) is 237 Å². The van der Waals surface area contributed by atoms with E-state index in [2.05, 4.69) is 34.6 Å². The molecule has 0 saturated heterocycles. The fourth-order valence-corrected chi connectivity index (χ4v) is 15.8. The molecule has 0 aliphatic rings. The van der Waals surface area contributed by atoms with Crippen LogP contribution in [0.1, 0.15) is 490 Å². The van der Waals surface area contributed by atoms with Crippen LogP contribution in [0, 0.1) is 5.92 Å². The van der Waals surface area contributed by atoms with Crippen LogP contribution in [0.5, 0.6) is 0 Å². The summed E-state index contributed by atoms with van der Waals surface area (Å²) in [5.41, 5.74) is 0. The van der Waals surface area contributed by atoms with E-state index >= 15 is 0 Å². The highest BCUT2D eigenvalue weighted by atomic mass is 31.2. The van der Waals surface area contributed by atoms with Gasteiger partial charge in [0.2, 0.25) is 0 Å². The molecule has 17 nitrogen and oxygen atoms in total. The van der Waals surface area contributed by atoms with Gasteiger partial charge in [0, 0.05) is 25.7 Å². The van der Waals surface area contributed by atoms with Crippen LogP contribution in [-0.2, 0) is 65.4 Å². The van der Waals surface area contributed by atoms with E-state index < -0.39 is 97.5 Å². The van der Waals surface area contributed by atoms with Crippen molar-refractivity contribution in [2.45, 2.75) is 509 Å². The van der Waals surface area contributed by atoms with E-state index in [9.17, 15) is 43.2 Å². The minimum atomic E-state index is -4.97. The van der Waals surface area contributed by atoms with Gasteiger partial charge in [-0.05, 0) is 31.6 Å². The van der Waals surface area contributed by atoms with Crippen molar-refractivity contribution in [2.24, 2.45) is 5.92 Å². The molecule has 648 valence electrons. The maximum atomic E-state index is 13.2. The van der Waals surface area contributed by atoms with E-state index in [1.54, 1.807) is 0 Å². The second kappa shape index (κ2) is 82.6. The molecule has 0 aromatic rings. The average molecular weight is 1590 g/mol. The van der Waals surface area contributed by atoms with Crippen LogP contribution in [0.4, 0.5) is 0 Å². The van der Waals surface area contributed by atoms with E-state index in [1.165, 1.54) is 315 Å². The maximum absolute atomic E-state index is 13.2. The van der Waals surface area contributed by atoms with Crippen LogP contribution in [0.3, 0.4) is 0 Å². The molecule has 0 aromatic heterocycles. The lowest BCUT2D eigenvalue weighted by molar-refractivity contribution is -0.161. The number of aliphatic hydroxyl groups excluding tert-OH is 1. The minimum Gasteiger partial charge on any atom is -0.462 e. The van der Waals surface area contributed by atoms with E-state index in [0.717, 1.165) is 95.8 Å². The first-order valence-electron chi connectivity index (χ1n) is 46.6. The highest BCUT2D eigenvalue weighted by Crippen LogP contribution is 2.45. The van der Waals surface area contributed by atoms with Crippen molar-refractivity contribution in [3.8, 4) is 0 Å². The average Bonchev–Trinajstić information content (AvgIpc) is 0.900. The summed E-state index contributed by atoms with van der Waals surface area (Å²) in [6.07, 6.45) is 78.0.